The molecular weight excluding hydrogens is 251 g/mol. The Balaban J connectivity index is 3.21. The lowest BCUT2D eigenvalue weighted by Gasteiger charge is -2.18. The number of nitriles is 1. The number of halogens is 2. The number of rotatable bonds is 3. The van der Waals surface area contributed by atoms with Gasteiger partial charge in [0.05, 0.1) is 6.07 Å². The zero-order valence-corrected chi connectivity index (χ0v) is 9.31. The Morgan fingerprint density at radius 3 is 2.59 bits per heavy atom. The maximum absolute atomic E-state index is 13.3. The second-order valence-electron chi connectivity index (χ2n) is 3.17. The van der Waals surface area contributed by atoms with Crippen LogP contribution in [0.5, 0.6) is 0 Å². The van der Waals surface area contributed by atoms with Crippen molar-refractivity contribution in [1.82, 2.24) is 0 Å². The topological polar surface area (TPSA) is 81.3 Å². The molecule has 2 N–H and O–H groups in total. The average Bonchev–Trinajstić information content (AvgIpc) is 2.25. The van der Waals surface area contributed by atoms with E-state index in [9.17, 15) is 13.3 Å². The Morgan fingerprint density at radius 2 is 2.06 bits per heavy atom. The van der Waals surface area contributed by atoms with Crippen molar-refractivity contribution in [2.45, 2.75) is 5.66 Å². The highest BCUT2D eigenvalue weighted by Crippen LogP contribution is 2.59. The minimum Gasteiger partial charge on any atom is -0.320 e. The molecule has 0 saturated carbocycles. The lowest BCUT2D eigenvalue weighted by molar-refractivity contribution is 0.0564. The third kappa shape index (κ3) is 2.98. The Bertz CT molecular complexity index is 531. The van der Waals surface area contributed by atoms with Gasteiger partial charge in [0.2, 0.25) is 0 Å². The van der Waals surface area contributed by atoms with E-state index in [-0.39, 0.29) is 5.56 Å². The van der Waals surface area contributed by atoms with Crippen LogP contribution in [-0.4, -0.2) is 9.79 Å². The van der Waals surface area contributed by atoms with Crippen molar-refractivity contribution in [3.63, 3.8) is 0 Å². The summed E-state index contributed by atoms with van der Waals surface area (Å²) in [5.41, 5.74) is -4.76. The first kappa shape index (κ1) is 13.5. The first-order valence-corrected chi connectivity index (χ1v) is 6.00. The fourth-order valence-electron chi connectivity index (χ4n) is 1.13. The molecule has 0 spiro atoms. The summed E-state index contributed by atoms with van der Waals surface area (Å²) in [5.74, 6) is 0. The van der Waals surface area contributed by atoms with E-state index < -0.39 is 18.8 Å². The van der Waals surface area contributed by atoms with E-state index in [1.807, 2.05) is 0 Å². The van der Waals surface area contributed by atoms with Gasteiger partial charge in [-0.05, 0) is 17.7 Å². The largest absolute Gasteiger partial charge is 0.399 e. The Hall–Kier alpha value is -1.54. The van der Waals surface area contributed by atoms with Crippen molar-refractivity contribution in [3.8, 4) is 6.07 Å². The minimum absolute atomic E-state index is 0.261. The van der Waals surface area contributed by atoms with Crippen LogP contribution in [0, 0.1) is 11.3 Å². The fraction of sp³-hybridized carbons (Fsp3) is 0.100. The lowest BCUT2D eigenvalue weighted by atomic mass is 10.1. The van der Waals surface area contributed by atoms with Gasteiger partial charge < -0.3 is 9.79 Å². The first-order valence-electron chi connectivity index (χ1n) is 4.39. The van der Waals surface area contributed by atoms with Gasteiger partial charge in [-0.25, -0.2) is 0 Å². The van der Waals surface area contributed by atoms with Gasteiger partial charge in [0.25, 0.3) is 0 Å². The summed E-state index contributed by atoms with van der Waals surface area (Å²) in [7, 11) is -5.56. The second kappa shape index (κ2) is 4.76. The molecule has 1 aromatic carbocycles. The van der Waals surface area contributed by atoms with Crippen LogP contribution in [0.1, 0.15) is 11.1 Å². The number of benzene rings is 1. The van der Waals surface area contributed by atoms with Crippen LogP contribution in [0.3, 0.4) is 0 Å². The molecule has 0 saturated heterocycles. The van der Waals surface area contributed by atoms with Gasteiger partial charge in [0, 0.05) is 11.6 Å². The maximum atomic E-state index is 13.3. The Kier molecular flexibility index (Phi) is 3.79. The summed E-state index contributed by atoms with van der Waals surface area (Å²) >= 11 is 0. The fourth-order valence-corrected chi connectivity index (χ4v) is 1.61. The minimum atomic E-state index is -5.56. The molecule has 1 aromatic rings. The van der Waals surface area contributed by atoms with E-state index in [4.69, 9.17) is 15.0 Å². The van der Waals surface area contributed by atoms with Crippen molar-refractivity contribution in [2.75, 3.05) is 0 Å². The van der Waals surface area contributed by atoms with Crippen molar-refractivity contribution in [2.24, 2.45) is 0 Å². The van der Waals surface area contributed by atoms with Crippen LogP contribution < -0.4 is 0 Å². The van der Waals surface area contributed by atoms with E-state index in [1.54, 1.807) is 6.07 Å². The third-order valence-corrected chi connectivity index (χ3v) is 2.94. The lowest BCUT2D eigenvalue weighted by Crippen LogP contribution is -2.13. The SMILES string of the molecule is N#C/C=C/c1cccc(C(F)(F)P(=O)(O)O)c1. The van der Waals surface area contributed by atoms with E-state index in [2.05, 4.69) is 0 Å². The molecule has 1 rings (SSSR count). The highest BCUT2D eigenvalue weighted by atomic mass is 31.2. The highest BCUT2D eigenvalue weighted by molar-refractivity contribution is 7.52. The molecular formula is C10H8F2NO3P. The molecule has 0 amide bonds. The molecule has 0 radical (unpaired) electrons. The smallest absolute Gasteiger partial charge is 0.320 e. The number of nitrogens with zero attached hydrogens (tertiary/aromatic N) is 1. The summed E-state index contributed by atoms with van der Waals surface area (Å²) in [5, 5.41) is 8.28. The normalized spacial score (nSPS) is 12.6. The molecule has 0 aromatic heterocycles. The Labute approximate surface area is 96.0 Å². The van der Waals surface area contributed by atoms with Crippen molar-refractivity contribution < 1.29 is 23.1 Å². The average molecular weight is 259 g/mol. The van der Waals surface area contributed by atoms with Gasteiger partial charge in [-0.1, -0.05) is 18.2 Å². The molecule has 0 unspecified atom stereocenters. The predicted octanol–water partition coefficient (Wildman–Crippen LogP) is 2.45. The summed E-state index contributed by atoms with van der Waals surface area (Å²) < 4.78 is 37.3. The van der Waals surface area contributed by atoms with Crippen LogP contribution in [0.15, 0.2) is 30.3 Å². The van der Waals surface area contributed by atoms with Gasteiger partial charge in [-0.15, -0.1) is 0 Å². The van der Waals surface area contributed by atoms with Gasteiger partial charge in [-0.3, -0.25) is 4.57 Å². The molecule has 0 aliphatic heterocycles. The van der Waals surface area contributed by atoms with E-state index in [0.717, 1.165) is 18.2 Å². The molecule has 0 atom stereocenters. The molecule has 0 bridgehead atoms. The molecule has 7 heteroatoms. The molecule has 0 aliphatic carbocycles. The zero-order valence-electron chi connectivity index (χ0n) is 8.42. The van der Waals surface area contributed by atoms with Gasteiger partial charge in [0.1, 0.15) is 0 Å². The molecule has 17 heavy (non-hydrogen) atoms. The van der Waals surface area contributed by atoms with Gasteiger partial charge >= 0.3 is 13.3 Å². The summed E-state index contributed by atoms with van der Waals surface area (Å²) in [4.78, 5) is 17.1. The summed E-state index contributed by atoms with van der Waals surface area (Å²) in [6, 6.07) is 6.20. The molecule has 90 valence electrons. The first-order chi connectivity index (χ1) is 7.79. The number of hydrogen-bond acceptors (Lipinski definition) is 2. The van der Waals surface area contributed by atoms with Gasteiger partial charge in [0.15, 0.2) is 0 Å². The van der Waals surface area contributed by atoms with E-state index in [1.165, 1.54) is 18.2 Å². The van der Waals surface area contributed by atoms with Crippen molar-refractivity contribution >= 4 is 13.7 Å². The second-order valence-corrected chi connectivity index (χ2v) is 4.82. The Morgan fingerprint density at radius 1 is 1.41 bits per heavy atom. The summed E-state index contributed by atoms with van der Waals surface area (Å²) in [6.45, 7) is 0. The van der Waals surface area contributed by atoms with Crippen molar-refractivity contribution in [3.05, 3.63) is 41.5 Å². The number of allylic oxidation sites excluding steroid dienone is 1. The summed E-state index contributed by atoms with van der Waals surface area (Å²) in [6.07, 6.45) is 2.34. The molecule has 0 heterocycles. The highest BCUT2D eigenvalue weighted by Gasteiger charge is 2.50. The molecule has 0 fully saturated rings. The van der Waals surface area contributed by atoms with Crippen molar-refractivity contribution in [1.29, 1.82) is 5.26 Å². The van der Waals surface area contributed by atoms with E-state index >= 15 is 0 Å². The quantitative estimate of drug-likeness (QED) is 0.645. The van der Waals surface area contributed by atoms with Crippen LogP contribution in [0.4, 0.5) is 8.78 Å². The maximum Gasteiger partial charge on any atom is 0.399 e. The molecule has 0 aliphatic rings. The van der Waals surface area contributed by atoms with Crippen LogP contribution in [0.2, 0.25) is 0 Å². The standard InChI is InChI=1S/C10H8F2NO3P/c11-10(12,17(14,15)16)9-5-1-3-8(7-9)4-2-6-13/h1-5,7H,(H2,14,15,16)/b4-2+. The third-order valence-electron chi connectivity index (χ3n) is 1.95. The van der Waals surface area contributed by atoms with Crippen LogP contribution >= 0.6 is 7.60 Å². The monoisotopic (exact) mass is 259 g/mol. The number of hydrogen-bond donors (Lipinski definition) is 2. The number of alkyl halides is 2. The van der Waals surface area contributed by atoms with E-state index in [0.29, 0.717) is 0 Å². The van der Waals surface area contributed by atoms with Crippen LogP contribution in [0.25, 0.3) is 6.08 Å². The van der Waals surface area contributed by atoms with Gasteiger partial charge in [-0.2, -0.15) is 14.0 Å². The predicted molar refractivity (Wildman–Crippen MR) is 57.0 cm³/mol. The van der Waals surface area contributed by atoms with Crippen LogP contribution in [-0.2, 0) is 10.2 Å². The zero-order chi connectivity index (χ0) is 13.1. The molecule has 4 nitrogen and oxygen atoms in total.